The summed E-state index contributed by atoms with van der Waals surface area (Å²) in [5.41, 5.74) is 0. The average molecular weight is 1310 g/mol. The van der Waals surface area contributed by atoms with Crippen molar-refractivity contribution in [3.63, 3.8) is 0 Å². The first kappa shape index (κ1) is 87.1. The molecule has 0 aliphatic carbocycles. The molecule has 0 aromatic heterocycles. The van der Waals surface area contributed by atoms with Crippen molar-refractivity contribution in [1.82, 2.24) is 0 Å². The van der Waals surface area contributed by atoms with Gasteiger partial charge in [0.2, 0.25) is 0 Å². The van der Waals surface area contributed by atoms with Crippen molar-refractivity contribution >= 4 is 39.5 Å². The van der Waals surface area contributed by atoms with Crippen molar-refractivity contribution in [3.05, 3.63) is 0 Å². The van der Waals surface area contributed by atoms with Crippen molar-refractivity contribution in [1.29, 1.82) is 0 Å². The molecule has 17 nitrogen and oxygen atoms in total. The van der Waals surface area contributed by atoms with Crippen LogP contribution >= 0.6 is 15.6 Å². The van der Waals surface area contributed by atoms with E-state index in [4.69, 9.17) is 37.0 Å². The van der Waals surface area contributed by atoms with Crippen molar-refractivity contribution in [2.24, 2.45) is 23.7 Å². The lowest BCUT2D eigenvalue weighted by molar-refractivity contribution is -0.161. The fraction of sp³-hybridized carbons (Fsp3) is 0.943. The molecule has 0 aromatic rings. The fourth-order valence-electron chi connectivity index (χ4n) is 10.5. The monoisotopic (exact) mass is 1310 g/mol. The number of esters is 4. The van der Waals surface area contributed by atoms with Gasteiger partial charge in [-0.15, -0.1) is 0 Å². The predicted molar refractivity (Wildman–Crippen MR) is 358 cm³/mol. The van der Waals surface area contributed by atoms with Gasteiger partial charge in [0, 0.05) is 25.7 Å². The summed E-state index contributed by atoms with van der Waals surface area (Å²) in [5, 5.41) is 10.6. The van der Waals surface area contributed by atoms with Gasteiger partial charge in [-0.1, -0.05) is 293 Å². The van der Waals surface area contributed by atoms with Crippen LogP contribution in [0.2, 0.25) is 0 Å². The quantitative estimate of drug-likeness (QED) is 0.0222. The van der Waals surface area contributed by atoms with Gasteiger partial charge in [-0.05, 0) is 49.4 Å². The zero-order valence-corrected chi connectivity index (χ0v) is 59.8. The first-order valence-corrected chi connectivity index (χ1v) is 39.2. The van der Waals surface area contributed by atoms with Crippen molar-refractivity contribution in [2.75, 3.05) is 39.6 Å². The first-order chi connectivity index (χ1) is 42.6. The molecule has 0 rings (SSSR count). The fourth-order valence-corrected chi connectivity index (χ4v) is 12.0. The number of unbranched alkanes of at least 4 members (excludes halogenated alkanes) is 32. The summed E-state index contributed by atoms with van der Waals surface area (Å²) in [6, 6.07) is 0. The highest BCUT2D eigenvalue weighted by Crippen LogP contribution is 2.45. The lowest BCUT2D eigenvalue weighted by Gasteiger charge is -2.21. The van der Waals surface area contributed by atoms with Crippen LogP contribution in [0.3, 0.4) is 0 Å². The van der Waals surface area contributed by atoms with Gasteiger partial charge < -0.3 is 33.8 Å². The Morgan fingerprint density at radius 3 is 0.798 bits per heavy atom. The maximum absolute atomic E-state index is 13.0. The summed E-state index contributed by atoms with van der Waals surface area (Å²) in [5.74, 6) is 0.862. The van der Waals surface area contributed by atoms with Gasteiger partial charge >= 0.3 is 39.5 Å². The maximum atomic E-state index is 13.0. The Hall–Kier alpha value is -1.94. The van der Waals surface area contributed by atoms with E-state index in [1.807, 2.05) is 0 Å². The summed E-state index contributed by atoms with van der Waals surface area (Å²) < 4.78 is 68.3. The number of phosphoric acid groups is 2. The lowest BCUT2D eigenvalue weighted by atomic mass is 9.99. The largest absolute Gasteiger partial charge is 0.472 e. The van der Waals surface area contributed by atoms with E-state index in [0.717, 1.165) is 114 Å². The smallest absolute Gasteiger partial charge is 0.462 e. The molecule has 0 radical (unpaired) electrons. The van der Waals surface area contributed by atoms with E-state index in [2.05, 4.69) is 55.4 Å². The number of hydrogen-bond donors (Lipinski definition) is 3. The number of aliphatic hydroxyl groups is 1. The molecule has 6 atom stereocenters. The molecule has 0 amide bonds. The van der Waals surface area contributed by atoms with Crippen LogP contribution in [0.5, 0.6) is 0 Å². The minimum Gasteiger partial charge on any atom is -0.462 e. The zero-order chi connectivity index (χ0) is 66.1. The van der Waals surface area contributed by atoms with Crippen LogP contribution in [0.4, 0.5) is 0 Å². The Kier molecular flexibility index (Phi) is 58.5. The van der Waals surface area contributed by atoms with Crippen molar-refractivity contribution in [3.8, 4) is 0 Å². The molecule has 0 aromatic carbocycles. The van der Waals surface area contributed by atoms with Crippen molar-refractivity contribution in [2.45, 2.75) is 363 Å². The van der Waals surface area contributed by atoms with Crippen LogP contribution in [0, 0.1) is 23.7 Å². The highest BCUT2D eigenvalue weighted by Gasteiger charge is 2.30. The molecule has 0 aliphatic heterocycles. The molecule has 0 saturated heterocycles. The molecule has 0 bridgehead atoms. The third-order valence-corrected chi connectivity index (χ3v) is 18.3. The number of carbonyl (C=O) groups excluding carboxylic acids is 4. The van der Waals surface area contributed by atoms with Gasteiger partial charge in [0.05, 0.1) is 26.4 Å². The highest BCUT2D eigenvalue weighted by molar-refractivity contribution is 7.47. The molecular weight excluding hydrogens is 1170 g/mol. The zero-order valence-electron chi connectivity index (χ0n) is 58.1. The molecule has 19 heteroatoms. The summed E-state index contributed by atoms with van der Waals surface area (Å²) in [4.78, 5) is 72.5. The molecule has 89 heavy (non-hydrogen) atoms. The predicted octanol–water partition coefficient (Wildman–Crippen LogP) is 19.7. The van der Waals surface area contributed by atoms with E-state index < -0.39 is 97.5 Å². The maximum Gasteiger partial charge on any atom is 0.472 e. The van der Waals surface area contributed by atoms with Crippen LogP contribution in [0.1, 0.15) is 344 Å². The Bertz CT molecular complexity index is 1770. The van der Waals surface area contributed by atoms with Gasteiger partial charge in [-0.25, -0.2) is 9.13 Å². The van der Waals surface area contributed by atoms with Crippen LogP contribution < -0.4 is 0 Å². The number of ether oxygens (including phenoxy) is 4. The van der Waals surface area contributed by atoms with Gasteiger partial charge in [0.15, 0.2) is 12.2 Å². The standard InChI is InChI=1S/C70H136O17P2/c1-9-63(8)49-41-33-24-18-12-15-21-27-37-45-53-70(75)87-66(57-81-68(73)51-43-35-29-28-32-40-48-62(6)7)59-85-89(78,79)83-55-64(71)54-82-88(76,77)84-58-65(86-69(74)52-44-36-26-20-14-11-17-23-31-39-47-61(4)5)56-80-67(72)50-42-34-25-19-13-10-16-22-30-38-46-60(2)3/h60-66,71H,9-59H2,1-8H3,(H,76,77)(H,78,79)/t63?,64-,65-,66-/m1/s1. The Balaban J connectivity index is 5.26. The summed E-state index contributed by atoms with van der Waals surface area (Å²) in [6.45, 7) is 14.1. The molecular formula is C70H136O17P2. The number of rotatable bonds is 67. The highest BCUT2D eigenvalue weighted by atomic mass is 31.2. The van der Waals surface area contributed by atoms with Crippen LogP contribution in [-0.4, -0.2) is 96.7 Å². The first-order valence-electron chi connectivity index (χ1n) is 36.2. The van der Waals surface area contributed by atoms with E-state index in [1.54, 1.807) is 0 Å². The molecule has 0 fully saturated rings. The number of carbonyl (C=O) groups is 4. The van der Waals surface area contributed by atoms with Gasteiger partial charge in [-0.3, -0.25) is 37.3 Å². The summed E-state index contributed by atoms with van der Waals surface area (Å²) in [6.07, 6.45) is 41.7. The molecule has 3 unspecified atom stereocenters. The summed E-state index contributed by atoms with van der Waals surface area (Å²) >= 11 is 0. The van der Waals surface area contributed by atoms with E-state index >= 15 is 0 Å². The lowest BCUT2D eigenvalue weighted by Crippen LogP contribution is -2.30. The topological polar surface area (TPSA) is 237 Å². The molecule has 0 heterocycles. The minimum absolute atomic E-state index is 0.105. The van der Waals surface area contributed by atoms with E-state index in [9.17, 15) is 43.2 Å². The summed E-state index contributed by atoms with van der Waals surface area (Å²) in [7, 11) is -9.90. The van der Waals surface area contributed by atoms with Crippen LogP contribution in [0.25, 0.3) is 0 Å². The SMILES string of the molecule is CCC(C)CCCCCCCCCCCCC(=O)O[C@H](COC(=O)CCCCCCCCC(C)C)COP(=O)(O)OC[C@H](O)COP(=O)(O)OC[C@@H](COC(=O)CCCCCCCCCCCCC(C)C)OC(=O)CCCCCCCCCCCCC(C)C. The average Bonchev–Trinajstić information content (AvgIpc) is 3.65. The number of phosphoric ester groups is 2. The third kappa shape index (κ3) is 63.2. The molecule has 528 valence electrons. The number of hydrogen-bond acceptors (Lipinski definition) is 15. The minimum atomic E-state index is -4.95. The Labute approximate surface area is 543 Å². The van der Waals surface area contributed by atoms with E-state index in [1.165, 1.54) is 141 Å². The van der Waals surface area contributed by atoms with E-state index in [-0.39, 0.29) is 25.7 Å². The Morgan fingerprint density at radius 2 is 0.539 bits per heavy atom. The van der Waals surface area contributed by atoms with E-state index in [0.29, 0.717) is 31.6 Å². The second-order valence-corrected chi connectivity index (χ2v) is 29.8. The second kappa shape index (κ2) is 59.8. The van der Waals surface area contributed by atoms with Crippen molar-refractivity contribution < 1.29 is 80.2 Å². The van der Waals surface area contributed by atoms with Gasteiger partial charge in [0.1, 0.15) is 19.3 Å². The van der Waals surface area contributed by atoms with Gasteiger partial charge in [0.25, 0.3) is 0 Å². The Morgan fingerprint density at radius 1 is 0.315 bits per heavy atom. The second-order valence-electron chi connectivity index (χ2n) is 26.9. The third-order valence-electron chi connectivity index (χ3n) is 16.4. The van der Waals surface area contributed by atoms with Crippen LogP contribution in [-0.2, 0) is 65.4 Å². The number of aliphatic hydroxyl groups excluding tert-OH is 1. The molecule has 3 N–H and O–H groups in total. The normalized spacial score (nSPS) is 14.6. The van der Waals surface area contributed by atoms with Gasteiger partial charge in [-0.2, -0.15) is 0 Å². The van der Waals surface area contributed by atoms with Crippen LogP contribution in [0.15, 0.2) is 0 Å². The molecule has 0 aliphatic rings. The molecule has 0 spiro atoms. The molecule has 0 saturated carbocycles.